The fraction of sp³-hybridized carbons (Fsp3) is 0.294. The Morgan fingerprint density at radius 2 is 1.86 bits per heavy atom. The molecule has 0 aliphatic rings. The van der Waals surface area contributed by atoms with E-state index >= 15 is 0 Å². The first-order chi connectivity index (χ1) is 10.5. The fourth-order valence-corrected chi connectivity index (χ4v) is 1.99. The lowest BCUT2D eigenvalue weighted by atomic mass is 10.2. The number of hydrogen-bond acceptors (Lipinski definition) is 4. The van der Waals surface area contributed by atoms with Crippen LogP contribution in [0.3, 0.4) is 0 Å². The Hall–Kier alpha value is -2.56. The van der Waals surface area contributed by atoms with Crippen molar-refractivity contribution in [2.75, 3.05) is 29.6 Å². The van der Waals surface area contributed by atoms with Crippen LogP contribution in [0, 0.1) is 0 Å². The monoisotopic (exact) mass is 298 g/mol. The summed E-state index contributed by atoms with van der Waals surface area (Å²) in [5.74, 6) is 0.480. The van der Waals surface area contributed by atoms with Crippen LogP contribution in [0.4, 0.5) is 17.2 Å². The van der Waals surface area contributed by atoms with E-state index in [-0.39, 0.29) is 11.9 Å². The molecule has 0 saturated heterocycles. The van der Waals surface area contributed by atoms with E-state index < -0.39 is 0 Å². The van der Waals surface area contributed by atoms with Crippen molar-refractivity contribution in [3.05, 3.63) is 48.2 Å². The molecule has 0 atom stereocenters. The van der Waals surface area contributed by atoms with E-state index in [0.717, 1.165) is 11.4 Å². The molecule has 116 valence electrons. The summed E-state index contributed by atoms with van der Waals surface area (Å²) >= 11 is 0. The number of pyridine rings is 1. The highest BCUT2D eigenvalue weighted by Crippen LogP contribution is 2.18. The van der Waals surface area contributed by atoms with Gasteiger partial charge in [-0.15, -0.1) is 0 Å². The van der Waals surface area contributed by atoms with E-state index in [1.54, 1.807) is 6.07 Å². The standard InChI is InChI=1S/C17H22N4O/c1-12(2)18-16-10-6-9-15(20-16)17(22)19-13-7-5-8-14(11-13)21(3)4/h5-12H,1-4H3,(H,18,20)(H,19,22). The molecule has 0 fully saturated rings. The summed E-state index contributed by atoms with van der Waals surface area (Å²) in [6, 6.07) is 13.3. The third-order valence-electron chi connectivity index (χ3n) is 3.04. The first-order valence-electron chi connectivity index (χ1n) is 7.28. The summed E-state index contributed by atoms with van der Waals surface area (Å²) < 4.78 is 0. The number of hydrogen-bond donors (Lipinski definition) is 2. The molecular weight excluding hydrogens is 276 g/mol. The van der Waals surface area contributed by atoms with Gasteiger partial charge in [-0.3, -0.25) is 4.79 Å². The smallest absolute Gasteiger partial charge is 0.274 e. The van der Waals surface area contributed by atoms with Gasteiger partial charge in [0.15, 0.2) is 0 Å². The van der Waals surface area contributed by atoms with E-state index in [4.69, 9.17) is 0 Å². The maximum Gasteiger partial charge on any atom is 0.274 e. The first-order valence-corrected chi connectivity index (χ1v) is 7.28. The lowest BCUT2D eigenvalue weighted by molar-refractivity contribution is 0.102. The van der Waals surface area contributed by atoms with Crippen LogP contribution in [0.1, 0.15) is 24.3 Å². The number of carbonyl (C=O) groups excluding carboxylic acids is 1. The fourth-order valence-electron chi connectivity index (χ4n) is 1.99. The van der Waals surface area contributed by atoms with Gasteiger partial charge in [-0.1, -0.05) is 12.1 Å². The third-order valence-corrected chi connectivity index (χ3v) is 3.04. The van der Waals surface area contributed by atoms with Crippen LogP contribution in [0.5, 0.6) is 0 Å². The number of benzene rings is 1. The van der Waals surface area contributed by atoms with E-state index in [1.165, 1.54) is 0 Å². The topological polar surface area (TPSA) is 57.3 Å². The summed E-state index contributed by atoms with van der Waals surface area (Å²) in [5.41, 5.74) is 2.17. The second-order valence-electron chi connectivity index (χ2n) is 5.61. The van der Waals surface area contributed by atoms with Gasteiger partial charge in [0.2, 0.25) is 0 Å². The van der Waals surface area contributed by atoms with Gasteiger partial charge < -0.3 is 15.5 Å². The van der Waals surface area contributed by atoms with Crippen LogP contribution in [0.2, 0.25) is 0 Å². The molecule has 22 heavy (non-hydrogen) atoms. The van der Waals surface area contributed by atoms with Gasteiger partial charge in [-0.2, -0.15) is 0 Å². The van der Waals surface area contributed by atoms with Crippen LogP contribution in [-0.4, -0.2) is 31.0 Å². The van der Waals surface area contributed by atoms with Crippen molar-refractivity contribution in [1.29, 1.82) is 0 Å². The predicted molar refractivity (Wildman–Crippen MR) is 91.7 cm³/mol. The van der Waals surface area contributed by atoms with Crippen molar-refractivity contribution in [3.8, 4) is 0 Å². The molecule has 5 nitrogen and oxygen atoms in total. The highest BCUT2D eigenvalue weighted by Gasteiger charge is 2.09. The second kappa shape index (κ2) is 6.93. The zero-order valence-corrected chi connectivity index (χ0v) is 13.4. The number of nitrogens with zero attached hydrogens (tertiary/aromatic N) is 2. The molecule has 5 heteroatoms. The Morgan fingerprint density at radius 3 is 2.55 bits per heavy atom. The number of amides is 1. The molecule has 2 aromatic rings. The quantitative estimate of drug-likeness (QED) is 0.890. The molecule has 0 radical (unpaired) electrons. The van der Waals surface area contributed by atoms with Crippen LogP contribution in [0.25, 0.3) is 0 Å². The van der Waals surface area contributed by atoms with Gasteiger partial charge in [0, 0.05) is 31.5 Å². The number of anilines is 3. The highest BCUT2D eigenvalue weighted by molar-refractivity contribution is 6.03. The summed E-state index contributed by atoms with van der Waals surface area (Å²) in [7, 11) is 3.92. The third kappa shape index (κ3) is 4.22. The van der Waals surface area contributed by atoms with E-state index in [2.05, 4.69) is 15.6 Å². The predicted octanol–water partition coefficient (Wildman–Crippen LogP) is 3.22. The number of rotatable bonds is 5. The lowest BCUT2D eigenvalue weighted by Gasteiger charge is -2.14. The Balaban J connectivity index is 2.13. The summed E-state index contributed by atoms with van der Waals surface area (Å²) in [5, 5.41) is 6.07. The SMILES string of the molecule is CC(C)Nc1cccc(C(=O)Nc2cccc(N(C)C)c2)n1. The zero-order valence-electron chi connectivity index (χ0n) is 13.4. The average molecular weight is 298 g/mol. The Labute approximate surface area is 131 Å². The van der Waals surface area contributed by atoms with Gasteiger partial charge in [0.25, 0.3) is 5.91 Å². The Bertz CT molecular complexity index is 653. The van der Waals surface area contributed by atoms with Gasteiger partial charge in [0.1, 0.15) is 11.5 Å². The van der Waals surface area contributed by atoms with Crippen molar-refractivity contribution < 1.29 is 4.79 Å². The lowest BCUT2D eigenvalue weighted by Crippen LogP contribution is -2.17. The molecule has 1 aromatic carbocycles. The molecule has 0 spiro atoms. The first kappa shape index (κ1) is 15.8. The number of nitrogens with one attached hydrogen (secondary N) is 2. The molecule has 1 amide bonds. The van der Waals surface area contributed by atoms with Crippen molar-refractivity contribution >= 4 is 23.1 Å². The van der Waals surface area contributed by atoms with E-state index in [9.17, 15) is 4.79 Å². The minimum Gasteiger partial charge on any atom is -0.378 e. The molecule has 0 bridgehead atoms. The second-order valence-corrected chi connectivity index (χ2v) is 5.61. The van der Waals surface area contributed by atoms with Crippen LogP contribution < -0.4 is 15.5 Å². The maximum atomic E-state index is 12.3. The van der Waals surface area contributed by atoms with Crippen LogP contribution in [-0.2, 0) is 0 Å². The average Bonchev–Trinajstić information content (AvgIpc) is 2.47. The van der Waals surface area contributed by atoms with Gasteiger partial charge >= 0.3 is 0 Å². The van der Waals surface area contributed by atoms with Gasteiger partial charge in [-0.05, 0) is 44.2 Å². The van der Waals surface area contributed by atoms with Gasteiger partial charge in [0.05, 0.1) is 0 Å². The van der Waals surface area contributed by atoms with E-state index in [0.29, 0.717) is 11.5 Å². The summed E-state index contributed by atoms with van der Waals surface area (Å²) in [6.07, 6.45) is 0. The zero-order chi connectivity index (χ0) is 16.1. The largest absolute Gasteiger partial charge is 0.378 e. The van der Waals surface area contributed by atoms with E-state index in [1.807, 2.05) is 69.2 Å². The molecule has 0 aliphatic heterocycles. The minimum absolute atomic E-state index is 0.219. The maximum absolute atomic E-state index is 12.3. The van der Waals surface area contributed by atoms with Crippen LogP contribution >= 0.6 is 0 Å². The van der Waals surface area contributed by atoms with Crippen molar-refractivity contribution in [2.24, 2.45) is 0 Å². The molecule has 0 aliphatic carbocycles. The summed E-state index contributed by atoms with van der Waals surface area (Å²) in [6.45, 7) is 4.06. The molecule has 1 aromatic heterocycles. The molecule has 1 heterocycles. The molecule has 0 saturated carbocycles. The molecular formula is C17H22N4O. The number of aromatic nitrogens is 1. The highest BCUT2D eigenvalue weighted by atomic mass is 16.1. The van der Waals surface area contributed by atoms with Crippen molar-refractivity contribution in [3.63, 3.8) is 0 Å². The van der Waals surface area contributed by atoms with Crippen molar-refractivity contribution in [2.45, 2.75) is 19.9 Å². The Morgan fingerprint density at radius 1 is 1.14 bits per heavy atom. The molecule has 2 N–H and O–H groups in total. The Kier molecular flexibility index (Phi) is 4.99. The number of carbonyl (C=O) groups is 1. The van der Waals surface area contributed by atoms with Crippen molar-refractivity contribution in [1.82, 2.24) is 4.98 Å². The molecule has 0 unspecified atom stereocenters. The van der Waals surface area contributed by atoms with Gasteiger partial charge in [-0.25, -0.2) is 4.98 Å². The van der Waals surface area contributed by atoms with Crippen LogP contribution in [0.15, 0.2) is 42.5 Å². The normalized spacial score (nSPS) is 10.4. The molecule has 2 rings (SSSR count). The summed E-state index contributed by atoms with van der Waals surface area (Å²) in [4.78, 5) is 18.6. The minimum atomic E-state index is -0.219.